The van der Waals surface area contributed by atoms with Gasteiger partial charge in [0.2, 0.25) is 0 Å². The van der Waals surface area contributed by atoms with Crippen molar-refractivity contribution in [3.05, 3.63) is 28.8 Å². The van der Waals surface area contributed by atoms with Crippen LogP contribution in [0.3, 0.4) is 0 Å². The average molecular weight is 246 g/mol. The van der Waals surface area contributed by atoms with Crippen molar-refractivity contribution in [3.63, 3.8) is 0 Å². The lowest BCUT2D eigenvalue weighted by Crippen LogP contribution is -2.15. The fourth-order valence-electron chi connectivity index (χ4n) is 1.38. The van der Waals surface area contributed by atoms with E-state index in [4.69, 9.17) is 16.3 Å². The molecule has 16 heavy (non-hydrogen) atoms. The second-order valence-corrected chi connectivity index (χ2v) is 3.90. The van der Waals surface area contributed by atoms with Gasteiger partial charge in [0, 0.05) is 17.1 Å². The van der Waals surface area contributed by atoms with Gasteiger partial charge in [-0.1, -0.05) is 18.5 Å². The molecule has 0 bridgehead atoms. The predicted molar refractivity (Wildman–Crippen MR) is 64.9 cm³/mol. The number of benzene rings is 1. The van der Waals surface area contributed by atoms with Gasteiger partial charge in [-0.05, 0) is 31.2 Å². The summed E-state index contributed by atoms with van der Waals surface area (Å²) in [6.07, 6.45) is 1.07. The number of rotatable bonds is 7. The highest BCUT2D eigenvalue weighted by Crippen LogP contribution is 2.22. The van der Waals surface area contributed by atoms with E-state index < -0.39 is 6.67 Å². The third-order valence-corrected chi connectivity index (χ3v) is 2.33. The van der Waals surface area contributed by atoms with Crippen molar-refractivity contribution >= 4 is 11.6 Å². The van der Waals surface area contributed by atoms with E-state index in [2.05, 4.69) is 12.2 Å². The molecule has 0 unspecified atom stereocenters. The fraction of sp³-hybridized carbons (Fsp3) is 0.500. The van der Waals surface area contributed by atoms with Gasteiger partial charge >= 0.3 is 0 Å². The van der Waals surface area contributed by atoms with Gasteiger partial charge in [0.1, 0.15) is 19.0 Å². The molecule has 0 saturated carbocycles. The monoisotopic (exact) mass is 245 g/mol. The summed E-state index contributed by atoms with van der Waals surface area (Å²) >= 11 is 5.91. The van der Waals surface area contributed by atoms with Crippen molar-refractivity contribution in [2.75, 3.05) is 19.8 Å². The topological polar surface area (TPSA) is 21.3 Å². The number of hydrogen-bond acceptors (Lipinski definition) is 2. The molecule has 0 saturated heterocycles. The molecule has 0 radical (unpaired) electrons. The van der Waals surface area contributed by atoms with Gasteiger partial charge in [0.15, 0.2) is 0 Å². The number of hydrogen-bond donors (Lipinski definition) is 1. The Hall–Kier alpha value is -0.800. The minimum absolute atomic E-state index is 0.0857. The molecule has 1 aromatic carbocycles. The molecule has 0 aliphatic heterocycles. The molecule has 0 atom stereocenters. The van der Waals surface area contributed by atoms with Crippen LogP contribution in [-0.4, -0.2) is 19.8 Å². The summed E-state index contributed by atoms with van der Waals surface area (Å²) in [4.78, 5) is 0. The molecule has 0 heterocycles. The lowest BCUT2D eigenvalue weighted by atomic mass is 10.2. The third-order valence-electron chi connectivity index (χ3n) is 2.10. The van der Waals surface area contributed by atoms with E-state index >= 15 is 0 Å². The van der Waals surface area contributed by atoms with Gasteiger partial charge in [-0.2, -0.15) is 0 Å². The fourth-order valence-corrected chi connectivity index (χ4v) is 1.57. The smallest absolute Gasteiger partial charge is 0.124 e. The molecule has 1 aromatic rings. The highest BCUT2D eigenvalue weighted by molar-refractivity contribution is 6.30. The lowest BCUT2D eigenvalue weighted by molar-refractivity contribution is 0.270. The van der Waals surface area contributed by atoms with E-state index in [0.29, 0.717) is 17.3 Å². The minimum atomic E-state index is -0.482. The second kappa shape index (κ2) is 7.47. The molecule has 90 valence electrons. The van der Waals surface area contributed by atoms with Crippen LogP contribution in [0.2, 0.25) is 5.02 Å². The Morgan fingerprint density at radius 2 is 2.25 bits per heavy atom. The van der Waals surface area contributed by atoms with Crippen LogP contribution in [0.5, 0.6) is 5.75 Å². The van der Waals surface area contributed by atoms with Crippen LogP contribution in [0, 0.1) is 0 Å². The Bertz CT molecular complexity index is 320. The third kappa shape index (κ3) is 4.37. The maximum absolute atomic E-state index is 12.0. The Balaban J connectivity index is 2.65. The molecule has 0 aliphatic rings. The summed E-state index contributed by atoms with van der Waals surface area (Å²) < 4.78 is 17.3. The quantitative estimate of drug-likeness (QED) is 0.745. The zero-order valence-electron chi connectivity index (χ0n) is 9.43. The number of alkyl halides is 1. The van der Waals surface area contributed by atoms with Crippen LogP contribution in [0.4, 0.5) is 4.39 Å². The molecule has 0 spiro atoms. The van der Waals surface area contributed by atoms with Gasteiger partial charge in [-0.25, -0.2) is 4.39 Å². The van der Waals surface area contributed by atoms with Crippen LogP contribution in [-0.2, 0) is 6.54 Å². The largest absolute Gasteiger partial charge is 0.491 e. The average Bonchev–Trinajstić information content (AvgIpc) is 2.28. The van der Waals surface area contributed by atoms with Crippen molar-refractivity contribution < 1.29 is 9.13 Å². The highest BCUT2D eigenvalue weighted by atomic mass is 35.5. The van der Waals surface area contributed by atoms with Gasteiger partial charge in [0.05, 0.1) is 0 Å². The molecular formula is C12H17ClFNO. The van der Waals surface area contributed by atoms with Crippen LogP contribution in [0.1, 0.15) is 18.9 Å². The van der Waals surface area contributed by atoms with E-state index in [-0.39, 0.29) is 6.61 Å². The standard InChI is InChI=1S/C12H17ClFNO/c1-2-6-15-9-10-8-11(13)3-4-12(10)16-7-5-14/h3-4,8,15H,2,5-7,9H2,1H3. The zero-order chi connectivity index (χ0) is 11.8. The molecule has 0 fully saturated rings. The molecule has 0 aromatic heterocycles. The summed E-state index contributed by atoms with van der Waals surface area (Å²) in [5, 5.41) is 3.93. The van der Waals surface area contributed by atoms with Crippen LogP contribution < -0.4 is 10.1 Å². The maximum atomic E-state index is 12.0. The molecule has 4 heteroatoms. The van der Waals surface area contributed by atoms with E-state index in [1.54, 1.807) is 12.1 Å². The summed E-state index contributed by atoms with van der Waals surface area (Å²) in [5.74, 6) is 0.700. The Morgan fingerprint density at radius 3 is 2.94 bits per heavy atom. The van der Waals surface area contributed by atoms with Gasteiger partial charge < -0.3 is 10.1 Å². The molecule has 0 aliphatic carbocycles. The lowest BCUT2D eigenvalue weighted by Gasteiger charge is -2.11. The van der Waals surface area contributed by atoms with E-state index in [9.17, 15) is 4.39 Å². The van der Waals surface area contributed by atoms with Crippen molar-refractivity contribution in [2.45, 2.75) is 19.9 Å². The Kier molecular flexibility index (Phi) is 6.19. The van der Waals surface area contributed by atoms with E-state index in [0.717, 1.165) is 18.5 Å². The highest BCUT2D eigenvalue weighted by Gasteiger charge is 2.04. The Labute approximate surface area is 101 Å². The zero-order valence-corrected chi connectivity index (χ0v) is 10.2. The number of nitrogens with one attached hydrogen (secondary N) is 1. The van der Waals surface area contributed by atoms with E-state index in [1.165, 1.54) is 0 Å². The maximum Gasteiger partial charge on any atom is 0.124 e. The van der Waals surface area contributed by atoms with Crippen molar-refractivity contribution in [1.82, 2.24) is 5.32 Å². The first-order valence-corrected chi connectivity index (χ1v) is 5.83. The molecule has 1 rings (SSSR count). The number of ether oxygens (including phenoxy) is 1. The van der Waals surface area contributed by atoms with Crippen molar-refractivity contribution in [2.24, 2.45) is 0 Å². The van der Waals surface area contributed by atoms with Crippen molar-refractivity contribution in [3.8, 4) is 5.75 Å². The summed E-state index contributed by atoms with van der Waals surface area (Å²) in [7, 11) is 0. The predicted octanol–water partition coefficient (Wildman–Crippen LogP) is 3.19. The van der Waals surface area contributed by atoms with E-state index in [1.807, 2.05) is 6.07 Å². The number of halogens is 2. The van der Waals surface area contributed by atoms with Crippen LogP contribution in [0.15, 0.2) is 18.2 Å². The summed E-state index contributed by atoms with van der Waals surface area (Å²) in [5.41, 5.74) is 0.967. The summed E-state index contributed by atoms with van der Waals surface area (Å²) in [6.45, 7) is 3.34. The molecule has 1 N–H and O–H groups in total. The van der Waals surface area contributed by atoms with Crippen LogP contribution in [0.25, 0.3) is 0 Å². The molecular weight excluding hydrogens is 229 g/mol. The van der Waals surface area contributed by atoms with Gasteiger partial charge in [-0.3, -0.25) is 0 Å². The SMILES string of the molecule is CCCNCc1cc(Cl)ccc1OCCF. The van der Waals surface area contributed by atoms with Gasteiger partial charge in [-0.15, -0.1) is 0 Å². The first kappa shape index (κ1) is 13.3. The normalized spacial score (nSPS) is 10.4. The van der Waals surface area contributed by atoms with Crippen LogP contribution >= 0.6 is 11.6 Å². The first-order valence-electron chi connectivity index (χ1n) is 5.45. The first-order chi connectivity index (χ1) is 7.77. The molecule has 2 nitrogen and oxygen atoms in total. The van der Waals surface area contributed by atoms with Gasteiger partial charge in [0.25, 0.3) is 0 Å². The Morgan fingerprint density at radius 1 is 1.44 bits per heavy atom. The van der Waals surface area contributed by atoms with Crippen molar-refractivity contribution in [1.29, 1.82) is 0 Å². The summed E-state index contributed by atoms with van der Waals surface area (Å²) in [6, 6.07) is 5.37. The molecule has 0 amide bonds. The second-order valence-electron chi connectivity index (χ2n) is 3.47. The minimum Gasteiger partial charge on any atom is -0.491 e.